The molecule has 0 N–H and O–H groups in total. The fraction of sp³-hybridized carbons (Fsp3) is 0.0909. The van der Waals surface area contributed by atoms with Gasteiger partial charge in [0.1, 0.15) is 0 Å². The molecule has 0 saturated heterocycles. The predicted octanol–water partition coefficient (Wildman–Crippen LogP) is 5.84. The molecule has 0 aliphatic heterocycles. The molecule has 4 aromatic rings. The number of hydrogen-bond acceptors (Lipinski definition) is 0. The Balaban J connectivity index is 0.000000188. The number of aromatic nitrogens is 1. The second kappa shape index (κ2) is 6.97. The van der Waals surface area contributed by atoms with E-state index in [0.717, 1.165) is 0 Å². The highest BCUT2D eigenvalue weighted by Gasteiger charge is 2.00. The van der Waals surface area contributed by atoms with Crippen LogP contribution in [0.25, 0.3) is 22.0 Å². The number of benzene rings is 3. The molecule has 0 unspecified atom stereocenters. The summed E-state index contributed by atoms with van der Waals surface area (Å²) in [6.07, 6.45) is 2.10. The number of nitrogens with zero attached hydrogens (tertiary/aromatic N) is 1. The maximum Gasteiger partial charge on any atom is 0.0478 e. The molecule has 3 aromatic carbocycles. The normalized spacial score (nSPS) is 10.2. The maximum atomic E-state index is 2.24. The highest BCUT2D eigenvalue weighted by atomic mass is 14.9. The number of aryl methyl sites for hydroxylation is 2. The van der Waals surface area contributed by atoms with Gasteiger partial charge < -0.3 is 4.57 Å². The Hall–Kier alpha value is -2.80. The third-order valence-electron chi connectivity index (χ3n) is 3.93. The van der Waals surface area contributed by atoms with Crippen molar-refractivity contribution in [3.63, 3.8) is 0 Å². The fourth-order valence-corrected chi connectivity index (χ4v) is 2.63. The SMILES string of the molecule is Cc1ccccc1.Cn1ccc2cc(-c3ccccc3)ccc21. The van der Waals surface area contributed by atoms with Gasteiger partial charge in [0.05, 0.1) is 0 Å². The first-order chi connectivity index (χ1) is 11.2. The van der Waals surface area contributed by atoms with Gasteiger partial charge in [-0.05, 0) is 36.2 Å². The molecule has 0 spiro atoms. The van der Waals surface area contributed by atoms with Crippen LogP contribution in [0.1, 0.15) is 5.56 Å². The van der Waals surface area contributed by atoms with E-state index in [2.05, 4.69) is 85.4 Å². The molecule has 1 heterocycles. The zero-order chi connectivity index (χ0) is 16.1. The van der Waals surface area contributed by atoms with Crippen molar-refractivity contribution in [2.45, 2.75) is 6.92 Å². The molecule has 0 fully saturated rings. The zero-order valence-electron chi connectivity index (χ0n) is 13.6. The standard InChI is InChI=1S/C15H13N.C7H8/c1-16-10-9-14-11-13(7-8-15(14)16)12-5-3-2-4-6-12;1-7-5-3-2-4-6-7/h2-11H,1H3;2-6H,1H3. The lowest BCUT2D eigenvalue weighted by molar-refractivity contribution is 0.969. The van der Waals surface area contributed by atoms with Gasteiger partial charge in [-0.15, -0.1) is 0 Å². The topological polar surface area (TPSA) is 4.93 Å². The van der Waals surface area contributed by atoms with Crippen molar-refractivity contribution < 1.29 is 0 Å². The zero-order valence-corrected chi connectivity index (χ0v) is 13.6. The smallest absolute Gasteiger partial charge is 0.0478 e. The summed E-state index contributed by atoms with van der Waals surface area (Å²) in [5.74, 6) is 0. The molecule has 0 aliphatic carbocycles. The van der Waals surface area contributed by atoms with Gasteiger partial charge in [-0.1, -0.05) is 72.3 Å². The molecule has 0 saturated carbocycles. The van der Waals surface area contributed by atoms with Gasteiger partial charge in [0.2, 0.25) is 0 Å². The summed E-state index contributed by atoms with van der Waals surface area (Å²) in [4.78, 5) is 0. The molecule has 4 rings (SSSR count). The first-order valence-electron chi connectivity index (χ1n) is 7.86. The van der Waals surface area contributed by atoms with Gasteiger partial charge in [0.15, 0.2) is 0 Å². The summed E-state index contributed by atoms with van der Waals surface area (Å²) in [7, 11) is 2.07. The summed E-state index contributed by atoms with van der Waals surface area (Å²) in [5.41, 5.74) is 5.15. The van der Waals surface area contributed by atoms with E-state index in [0.29, 0.717) is 0 Å². The first-order valence-corrected chi connectivity index (χ1v) is 7.86. The lowest BCUT2D eigenvalue weighted by atomic mass is 10.0. The van der Waals surface area contributed by atoms with Crippen molar-refractivity contribution in [2.75, 3.05) is 0 Å². The van der Waals surface area contributed by atoms with Crippen LogP contribution in [0.2, 0.25) is 0 Å². The van der Waals surface area contributed by atoms with Gasteiger partial charge >= 0.3 is 0 Å². The molecular weight excluding hydrogens is 278 g/mol. The van der Waals surface area contributed by atoms with Crippen LogP contribution >= 0.6 is 0 Å². The highest BCUT2D eigenvalue weighted by Crippen LogP contribution is 2.24. The van der Waals surface area contributed by atoms with E-state index in [1.54, 1.807) is 0 Å². The highest BCUT2D eigenvalue weighted by molar-refractivity contribution is 5.85. The lowest BCUT2D eigenvalue weighted by Gasteiger charge is -2.02. The molecule has 0 aliphatic rings. The van der Waals surface area contributed by atoms with Crippen molar-refractivity contribution >= 4 is 10.9 Å². The molecular formula is C22H21N. The first kappa shape index (κ1) is 15.1. The van der Waals surface area contributed by atoms with Crippen molar-refractivity contribution in [3.05, 3.63) is 96.7 Å². The van der Waals surface area contributed by atoms with Gasteiger partial charge in [-0.25, -0.2) is 0 Å². The summed E-state index contributed by atoms with van der Waals surface area (Å²) < 4.78 is 2.14. The Morgan fingerprint density at radius 2 is 1.30 bits per heavy atom. The Bertz CT molecular complexity index is 874. The third kappa shape index (κ3) is 3.70. The molecule has 114 valence electrons. The van der Waals surface area contributed by atoms with Crippen LogP contribution < -0.4 is 0 Å². The molecule has 1 aromatic heterocycles. The van der Waals surface area contributed by atoms with E-state index in [4.69, 9.17) is 0 Å². The van der Waals surface area contributed by atoms with Gasteiger partial charge in [0.25, 0.3) is 0 Å². The molecule has 0 radical (unpaired) electrons. The number of rotatable bonds is 1. The minimum Gasteiger partial charge on any atom is -0.351 e. The van der Waals surface area contributed by atoms with Crippen molar-refractivity contribution in [1.82, 2.24) is 4.57 Å². The molecule has 0 bridgehead atoms. The van der Waals surface area contributed by atoms with E-state index >= 15 is 0 Å². The average molecular weight is 299 g/mol. The van der Waals surface area contributed by atoms with E-state index in [-0.39, 0.29) is 0 Å². The Kier molecular flexibility index (Phi) is 4.58. The van der Waals surface area contributed by atoms with Crippen LogP contribution in [-0.4, -0.2) is 4.57 Å². The van der Waals surface area contributed by atoms with Crippen molar-refractivity contribution in [3.8, 4) is 11.1 Å². The van der Waals surface area contributed by atoms with Crippen molar-refractivity contribution in [1.29, 1.82) is 0 Å². The maximum absolute atomic E-state index is 2.24. The van der Waals surface area contributed by atoms with Crippen LogP contribution in [-0.2, 0) is 7.05 Å². The molecule has 0 atom stereocenters. The van der Waals surface area contributed by atoms with E-state index in [1.807, 2.05) is 24.3 Å². The summed E-state index contributed by atoms with van der Waals surface area (Å²) in [6, 6.07) is 29.5. The Morgan fingerprint density at radius 1 is 0.652 bits per heavy atom. The molecule has 0 amide bonds. The summed E-state index contributed by atoms with van der Waals surface area (Å²) in [5, 5.41) is 1.30. The molecule has 23 heavy (non-hydrogen) atoms. The van der Waals surface area contributed by atoms with Crippen LogP contribution in [0.3, 0.4) is 0 Å². The monoisotopic (exact) mass is 299 g/mol. The second-order valence-corrected chi connectivity index (χ2v) is 5.72. The van der Waals surface area contributed by atoms with E-state index in [9.17, 15) is 0 Å². The molecule has 1 heteroatoms. The van der Waals surface area contributed by atoms with Crippen LogP contribution in [0.5, 0.6) is 0 Å². The van der Waals surface area contributed by atoms with Gasteiger partial charge in [0, 0.05) is 24.1 Å². The van der Waals surface area contributed by atoms with Crippen LogP contribution in [0.4, 0.5) is 0 Å². The summed E-state index contributed by atoms with van der Waals surface area (Å²) in [6.45, 7) is 2.08. The van der Waals surface area contributed by atoms with Crippen molar-refractivity contribution in [2.24, 2.45) is 7.05 Å². The molecule has 1 nitrogen and oxygen atoms in total. The van der Waals surface area contributed by atoms with Crippen LogP contribution in [0.15, 0.2) is 91.1 Å². The second-order valence-electron chi connectivity index (χ2n) is 5.72. The van der Waals surface area contributed by atoms with E-state index < -0.39 is 0 Å². The summed E-state index contributed by atoms with van der Waals surface area (Å²) >= 11 is 0. The van der Waals surface area contributed by atoms with Crippen LogP contribution in [0, 0.1) is 6.92 Å². The van der Waals surface area contributed by atoms with E-state index in [1.165, 1.54) is 27.6 Å². The number of hydrogen-bond donors (Lipinski definition) is 0. The van der Waals surface area contributed by atoms with Gasteiger partial charge in [-0.3, -0.25) is 0 Å². The quantitative estimate of drug-likeness (QED) is 0.416. The Labute approximate surface area is 137 Å². The largest absolute Gasteiger partial charge is 0.351 e. The van der Waals surface area contributed by atoms with Gasteiger partial charge in [-0.2, -0.15) is 0 Å². The Morgan fingerprint density at radius 3 is 1.91 bits per heavy atom. The minimum absolute atomic E-state index is 1.27. The predicted molar refractivity (Wildman–Crippen MR) is 99.5 cm³/mol. The number of fused-ring (bicyclic) bond motifs is 1. The lowest BCUT2D eigenvalue weighted by Crippen LogP contribution is -1.83. The average Bonchev–Trinajstić information content (AvgIpc) is 2.98. The fourth-order valence-electron chi connectivity index (χ4n) is 2.63. The third-order valence-corrected chi connectivity index (χ3v) is 3.93. The minimum atomic E-state index is 1.27.